The maximum absolute atomic E-state index is 12.2. The van der Waals surface area contributed by atoms with Crippen molar-refractivity contribution in [2.45, 2.75) is 13.5 Å². The Morgan fingerprint density at radius 3 is 2.75 bits per heavy atom. The lowest BCUT2D eigenvalue weighted by atomic mass is 10.2. The highest BCUT2D eigenvalue weighted by molar-refractivity contribution is 7.13. The van der Waals surface area contributed by atoms with Gasteiger partial charge in [0.2, 0.25) is 12.7 Å². The van der Waals surface area contributed by atoms with E-state index in [4.69, 9.17) is 9.47 Å². The number of thiophene rings is 1. The molecule has 6 nitrogen and oxygen atoms in total. The van der Waals surface area contributed by atoms with Crippen molar-refractivity contribution in [3.63, 3.8) is 0 Å². The van der Waals surface area contributed by atoms with Crippen molar-refractivity contribution >= 4 is 23.2 Å². The smallest absolute Gasteiger partial charge is 0.261 e. The fraction of sp³-hybridized carbons (Fsp3) is 0.294. The van der Waals surface area contributed by atoms with Crippen LogP contribution in [0.3, 0.4) is 0 Å². The van der Waals surface area contributed by atoms with Gasteiger partial charge in [-0.3, -0.25) is 9.59 Å². The molecule has 0 fully saturated rings. The summed E-state index contributed by atoms with van der Waals surface area (Å²) in [5.41, 5.74) is 0.940. The standard InChI is InChI=1S/C17H18N2O4S/c1-11-3-6-15(24-11)17(21)18-8-16(20)19(2)9-12-4-5-13-14(7-12)23-10-22-13/h3-7H,8-10H2,1-2H3,(H,18,21). The first-order chi connectivity index (χ1) is 11.5. The van der Waals surface area contributed by atoms with Gasteiger partial charge in [0.15, 0.2) is 11.5 Å². The fourth-order valence-corrected chi connectivity index (χ4v) is 3.12. The van der Waals surface area contributed by atoms with E-state index in [2.05, 4.69) is 5.32 Å². The van der Waals surface area contributed by atoms with Crippen molar-refractivity contribution in [2.75, 3.05) is 20.4 Å². The van der Waals surface area contributed by atoms with Crippen LogP contribution >= 0.6 is 11.3 Å². The Kier molecular flexibility index (Phi) is 4.71. The predicted octanol–water partition coefficient (Wildman–Crippen LogP) is 2.17. The molecule has 1 aliphatic rings. The molecule has 24 heavy (non-hydrogen) atoms. The molecule has 0 saturated heterocycles. The summed E-state index contributed by atoms with van der Waals surface area (Å²) >= 11 is 1.41. The summed E-state index contributed by atoms with van der Waals surface area (Å²) < 4.78 is 10.6. The molecule has 1 aromatic heterocycles. The Labute approximate surface area is 144 Å². The monoisotopic (exact) mass is 346 g/mol. The maximum Gasteiger partial charge on any atom is 0.261 e. The molecule has 126 valence electrons. The highest BCUT2D eigenvalue weighted by Gasteiger charge is 2.16. The van der Waals surface area contributed by atoms with Gasteiger partial charge in [0.1, 0.15) is 0 Å². The summed E-state index contributed by atoms with van der Waals surface area (Å²) in [5, 5.41) is 2.66. The quantitative estimate of drug-likeness (QED) is 0.901. The summed E-state index contributed by atoms with van der Waals surface area (Å²) in [6.45, 7) is 2.56. The van der Waals surface area contributed by atoms with Gasteiger partial charge in [-0.25, -0.2) is 0 Å². The molecular formula is C17H18N2O4S. The van der Waals surface area contributed by atoms with E-state index >= 15 is 0 Å². The van der Waals surface area contributed by atoms with E-state index in [1.54, 1.807) is 18.0 Å². The van der Waals surface area contributed by atoms with E-state index in [9.17, 15) is 9.59 Å². The van der Waals surface area contributed by atoms with Crippen LogP contribution in [0.1, 0.15) is 20.1 Å². The molecule has 2 aromatic rings. The average Bonchev–Trinajstić information content (AvgIpc) is 3.20. The molecule has 0 unspecified atom stereocenters. The van der Waals surface area contributed by atoms with Crippen LogP contribution < -0.4 is 14.8 Å². The number of likely N-dealkylation sites (N-methyl/N-ethyl adjacent to an activating group) is 1. The lowest BCUT2D eigenvalue weighted by molar-refractivity contribution is -0.129. The Balaban J connectivity index is 1.52. The summed E-state index contributed by atoms with van der Waals surface area (Å²) in [7, 11) is 1.70. The summed E-state index contributed by atoms with van der Waals surface area (Å²) in [6.07, 6.45) is 0. The van der Waals surface area contributed by atoms with Crippen LogP contribution in [-0.2, 0) is 11.3 Å². The number of carbonyl (C=O) groups excluding carboxylic acids is 2. The molecule has 1 aromatic carbocycles. The molecule has 0 atom stereocenters. The highest BCUT2D eigenvalue weighted by atomic mass is 32.1. The molecule has 0 saturated carbocycles. The van der Waals surface area contributed by atoms with Crippen LogP contribution in [-0.4, -0.2) is 37.1 Å². The Morgan fingerprint density at radius 2 is 2.00 bits per heavy atom. The minimum atomic E-state index is -0.224. The molecule has 2 heterocycles. The van der Waals surface area contributed by atoms with Crippen LogP contribution in [0, 0.1) is 6.92 Å². The molecule has 1 aliphatic heterocycles. The van der Waals surface area contributed by atoms with E-state index in [1.165, 1.54) is 11.3 Å². The topological polar surface area (TPSA) is 67.9 Å². The third-order valence-electron chi connectivity index (χ3n) is 3.65. The van der Waals surface area contributed by atoms with E-state index in [-0.39, 0.29) is 25.2 Å². The number of hydrogen-bond donors (Lipinski definition) is 1. The lowest BCUT2D eigenvalue weighted by Gasteiger charge is -2.17. The molecule has 0 radical (unpaired) electrons. The van der Waals surface area contributed by atoms with Crippen LogP contribution in [0.5, 0.6) is 11.5 Å². The molecule has 1 N–H and O–H groups in total. The third kappa shape index (κ3) is 3.68. The molecule has 3 rings (SSSR count). The van der Waals surface area contributed by atoms with Crippen molar-refractivity contribution in [1.82, 2.24) is 10.2 Å². The zero-order valence-electron chi connectivity index (χ0n) is 13.5. The third-order valence-corrected chi connectivity index (χ3v) is 4.65. The first-order valence-corrected chi connectivity index (χ1v) is 8.32. The number of fused-ring (bicyclic) bond motifs is 1. The molecule has 0 bridgehead atoms. The largest absolute Gasteiger partial charge is 0.454 e. The number of benzene rings is 1. The second-order valence-corrected chi connectivity index (χ2v) is 6.82. The van der Waals surface area contributed by atoms with Crippen LogP contribution in [0.25, 0.3) is 0 Å². The minimum Gasteiger partial charge on any atom is -0.454 e. The predicted molar refractivity (Wildman–Crippen MR) is 90.4 cm³/mol. The van der Waals surface area contributed by atoms with Gasteiger partial charge in [-0.2, -0.15) is 0 Å². The number of ether oxygens (including phenoxy) is 2. The normalized spacial score (nSPS) is 12.1. The Morgan fingerprint density at radius 1 is 1.21 bits per heavy atom. The number of nitrogens with one attached hydrogen (secondary N) is 1. The van der Waals surface area contributed by atoms with Crippen LogP contribution in [0.2, 0.25) is 0 Å². The SMILES string of the molecule is Cc1ccc(C(=O)NCC(=O)N(C)Cc2ccc3c(c2)OCO3)s1. The van der Waals surface area contributed by atoms with Crippen molar-refractivity contribution in [3.05, 3.63) is 45.6 Å². The zero-order valence-corrected chi connectivity index (χ0v) is 14.3. The van der Waals surface area contributed by atoms with Gasteiger partial charge < -0.3 is 19.7 Å². The zero-order chi connectivity index (χ0) is 17.1. The van der Waals surface area contributed by atoms with Gasteiger partial charge in [-0.15, -0.1) is 11.3 Å². The van der Waals surface area contributed by atoms with Gasteiger partial charge in [0.25, 0.3) is 5.91 Å². The van der Waals surface area contributed by atoms with Crippen molar-refractivity contribution < 1.29 is 19.1 Å². The summed E-state index contributed by atoms with van der Waals surface area (Å²) in [4.78, 5) is 27.4. The van der Waals surface area contributed by atoms with Gasteiger partial charge in [0.05, 0.1) is 11.4 Å². The molecule has 2 amide bonds. The van der Waals surface area contributed by atoms with E-state index in [1.807, 2.05) is 31.2 Å². The lowest BCUT2D eigenvalue weighted by Crippen LogP contribution is -2.37. The van der Waals surface area contributed by atoms with Gasteiger partial charge in [-0.1, -0.05) is 6.07 Å². The van der Waals surface area contributed by atoms with E-state index in [0.29, 0.717) is 22.9 Å². The minimum absolute atomic E-state index is 0.0309. The molecule has 0 aliphatic carbocycles. The second kappa shape index (κ2) is 6.92. The average molecular weight is 346 g/mol. The molecule has 7 heteroatoms. The van der Waals surface area contributed by atoms with Gasteiger partial charge in [0, 0.05) is 18.5 Å². The van der Waals surface area contributed by atoms with Crippen molar-refractivity contribution in [1.29, 1.82) is 0 Å². The van der Waals surface area contributed by atoms with Crippen LogP contribution in [0.4, 0.5) is 0 Å². The maximum atomic E-state index is 12.2. The number of rotatable bonds is 5. The highest BCUT2D eigenvalue weighted by Crippen LogP contribution is 2.32. The number of nitrogens with zero attached hydrogens (tertiary/aromatic N) is 1. The first kappa shape index (κ1) is 16.3. The first-order valence-electron chi connectivity index (χ1n) is 7.50. The number of carbonyl (C=O) groups is 2. The fourth-order valence-electron chi connectivity index (χ4n) is 2.34. The van der Waals surface area contributed by atoms with Crippen molar-refractivity contribution in [2.24, 2.45) is 0 Å². The number of aryl methyl sites for hydroxylation is 1. The van der Waals surface area contributed by atoms with E-state index in [0.717, 1.165) is 10.4 Å². The van der Waals surface area contributed by atoms with E-state index < -0.39 is 0 Å². The van der Waals surface area contributed by atoms with Gasteiger partial charge >= 0.3 is 0 Å². The molecular weight excluding hydrogens is 328 g/mol. The molecule has 0 spiro atoms. The number of hydrogen-bond acceptors (Lipinski definition) is 5. The van der Waals surface area contributed by atoms with Crippen LogP contribution in [0.15, 0.2) is 30.3 Å². The summed E-state index contributed by atoms with van der Waals surface area (Å²) in [6, 6.07) is 9.23. The summed E-state index contributed by atoms with van der Waals surface area (Å²) in [5.74, 6) is 1.02. The van der Waals surface area contributed by atoms with Crippen molar-refractivity contribution in [3.8, 4) is 11.5 Å². The Hall–Kier alpha value is -2.54. The van der Waals surface area contributed by atoms with Gasteiger partial charge in [-0.05, 0) is 36.8 Å². The Bertz CT molecular complexity index is 772. The second-order valence-electron chi connectivity index (χ2n) is 5.53. The number of amides is 2.